The number of piperidine rings is 1. The molecule has 0 radical (unpaired) electrons. The van der Waals surface area contributed by atoms with E-state index in [0.717, 1.165) is 44.2 Å². The monoisotopic (exact) mass is 324 g/mol. The third-order valence-corrected chi connectivity index (χ3v) is 5.39. The van der Waals surface area contributed by atoms with Crippen molar-refractivity contribution in [2.75, 3.05) is 13.1 Å². The van der Waals surface area contributed by atoms with Gasteiger partial charge in [0.1, 0.15) is 11.5 Å². The number of rotatable bonds is 4. The van der Waals surface area contributed by atoms with Crippen LogP contribution in [0.5, 0.6) is 0 Å². The van der Waals surface area contributed by atoms with E-state index in [1.807, 2.05) is 23.2 Å². The van der Waals surface area contributed by atoms with Crippen molar-refractivity contribution in [3.05, 3.63) is 48.3 Å². The number of aromatic nitrogens is 3. The molecule has 0 aromatic carbocycles. The number of pyridine rings is 1. The summed E-state index contributed by atoms with van der Waals surface area (Å²) < 4.78 is 2.32. The fourth-order valence-corrected chi connectivity index (χ4v) is 3.81. The first-order chi connectivity index (χ1) is 11.8. The first kappa shape index (κ1) is 15.4. The molecule has 1 amide bonds. The average molecular weight is 324 g/mol. The molecule has 3 heterocycles. The van der Waals surface area contributed by atoms with Gasteiger partial charge in [-0.25, -0.2) is 4.98 Å². The van der Waals surface area contributed by atoms with E-state index >= 15 is 0 Å². The molecule has 24 heavy (non-hydrogen) atoms. The summed E-state index contributed by atoms with van der Waals surface area (Å²) in [7, 11) is 0. The second kappa shape index (κ2) is 6.75. The van der Waals surface area contributed by atoms with E-state index in [2.05, 4.69) is 20.7 Å². The molecule has 0 spiro atoms. The summed E-state index contributed by atoms with van der Waals surface area (Å²) >= 11 is 0. The largest absolute Gasteiger partial charge is 0.337 e. The molecule has 2 aromatic heterocycles. The Morgan fingerprint density at radius 1 is 1.12 bits per heavy atom. The molecule has 1 atom stereocenters. The van der Waals surface area contributed by atoms with Crippen LogP contribution in [0.2, 0.25) is 0 Å². The molecule has 5 nitrogen and oxygen atoms in total. The van der Waals surface area contributed by atoms with Crippen LogP contribution < -0.4 is 0 Å². The Hall–Kier alpha value is -2.17. The van der Waals surface area contributed by atoms with Gasteiger partial charge in [0.2, 0.25) is 0 Å². The number of carbonyl (C=O) groups is 1. The van der Waals surface area contributed by atoms with Gasteiger partial charge in [-0.1, -0.05) is 12.5 Å². The molecule has 5 heteroatoms. The fourth-order valence-electron chi connectivity index (χ4n) is 3.81. The van der Waals surface area contributed by atoms with Crippen molar-refractivity contribution in [1.82, 2.24) is 19.4 Å². The standard InChI is InChI=1S/C19H24N4O/c24-19(17-8-1-2-9-20-17)23-11-4-7-16(14-23)18-21-10-12-22(18)13-15-5-3-6-15/h1-2,8-10,12,15-16H,3-7,11,13-14H2/t16-/m1/s1. The van der Waals surface area contributed by atoms with E-state index in [9.17, 15) is 4.79 Å². The van der Waals surface area contributed by atoms with E-state index in [0.29, 0.717) is 11.6 Å². The van der Waals surface area contributed by atoms with Gasteiger partial charge in [0.25, 0.3) is 5.91 Å². The van der Waals surface area contributed by atoms with Crippen molar-refractivity contribution in [1.29, 1.82) is 0 Å². The summed E-state index contributed by atoms with van der Waals surface area (Å²) in [4.78, 5) is 23.4. The zero-order valence-corrected chi connectivity index (χ0v) is 14.0. The number of hydrogen-bond acceptors (Lipinski definition) is 3. The molecular weight excluding hydrogens is 300 g/mol. The lowest BCUT2D eigenvalue weighted by Gasteiger charge is -2.33. The first-order valence-corrected chi connectivity index (χ1v) is 9.02. The summed E-state index contributed by atoms with van der Waals surface area (Å²) in [5.74, 6) is 2.34. The third kappa shape index (κ3) is 3.07. The number of amides is 1. The smallest absolute Gasteiger partial charge is 0.272 e. The number of imidazole rings is 1. The van der Waals surface area contributed by atoms with Crippen LogP contribution >= 0.6 is 0 Å². The lowest BCUT2D eigenvalue weighted by molar-refractivity contribution is 0.0696. The summed E-state index contributed by atoms with van der Waals surface area (Å²) in [6, 6.07) is 5.50. The minimum atomic E-state index is 0.0393. The quantitative estimate of drug-likeness (QED) is 0.868. The van der Waals surface area contributed by atoms with Gasteiger partial charge in [-0.15, -0.1) is 0 Å². The minimum Gasteiger partial charge on any atom is -0.337 e. The Bertz CT molecular complexity index is 692. The van der Waals surface area contributed by atoms with Gasteiger partial charge in [-0.2, -0.15) is 0 Å². The predicted octanol–water partition coefficient (Wildman–Crippen LogP) is 3.10. The van der Waals surface area contributed by atoms with Crippen molar-refractivity contribution in [3.8, 4) is 0 Å². The molecular formula is C19H24N4O. The Labute approximate surface area is 142 Å². The topological polar surface area (TPSA) is 51.0 Å². The number of carbonyl (C=O) groups excluding carboxylic acids is 1. The SMILES string of the molecule is O=C(c1ccccn1)N1CCC[C@@H](c2nccn2CC2CCC2)C1. The molecule has 126 valence electrons. The maximum atomic E-state index is 12.7. The number of nitrogens with zero attached hydrogens (tertiary/aromatic N) is 4. The minimum absolute atomic E-state index is 0.0393. The van der Waals surface area contributed by atoms with Crippen molar-refractivity contribution in [2.24, 2.45) is 5.92 Å². The van der Waals surface area contributed by atoms with Gasteiger partial charge in [0.05, 0.1) is 0 Å². The normalized spacial score (nSPS) is 21.5. The van der Waals surface area contributed by atoms with Crippen LogP contribution in [0.3, 0.4) is 0 Å². The third-order valence-electron chi connectivity index (χ3n) is 5.39. The maximum Gasteiger partial charge on any atom is 0.272 e. The Kier molecular flexibility index (Phi) is 4.32. The van der Waals surface area contributed by atoms with Crippen molar-refractivity contribution >= 4 is 5.91 Å². The van der Waals surface area contributed by atoms with E-state index in [1.54, 1.807) is 12.3 Å². The highest BCUT2D eigenvalue weighted by Gasteiger charge is 2.29. The number of hydrogen-bond donors (Lipinski definition) is 0. The summed E-state index contributed by atoms with van der Waals surface area (Å²) in [5.41, 5.74) is 0.538. The van der Waals surface area contributed by atoms with Crippen LogP contribution in [0.25, 0.3) is 0 Å². The highest BCUT2D eigenvalue weighted by molar-refractivity contribution is 5.92. The zero-order valence-electron chi connectivity index (χ0n) is 14.0. The molecule has 2 aliphatic rings. The van der Waals surface area contributed by atoms with Crippen molar-refractivity contribution in [3.63, 3.8) is 0 Å². The highest BCUT2D eigenvalue weighted by Crippen LogP contribution is 2.31. The second-order valence-electron chi connectivity index (χ2n) is 7.04. The molecule has 4 rings (SSSR count). The van der Waals surface area contributed by atoms with Gasteiger partial charge in [0, 0.05) is 44.1 Å². The summed E-state index contributed by atoms with van der Waals surface area (Å²) in [5, 5.41) is 0. The molecule has 1 aliphatic heterocycles. The molecule has 2 aromatic rings. The average Bonchev–Trinajstić information content (AvgIpc) is 3.07. The van der Waals surface area contributed by atoms with E-state index < -0.39 is 0 Å². The second-order valence-corrected chi connectivity index (χ2v) is 7.04. The van der Waals surface area contributed by atoms with Gasteiger partial charge in [-0.05, 0) is 43.7 Å². The lowest BCUT2D eigenvalue weighted by atomic mass is 9.85. The van der Waals surface area contributed by atoms with Gasteiger partial charge in [-0.3, -0.25) is 9.78 Å². The molecule has 2 fully saturated rings. The van der Waals surface area contributed by atoms with Crippen molar-refractivity contribution in [2.45, 2.75) is 44.6 Å². The Balaban J connectivity index is 1.47. The van der Waals surface area contributed by atoms with Crippen LogP contribution in [0.15, 0.2) is 36.8 Å². The molecule has 1 saturated carbocycles. The van der Waals surface area contributed by atoms with Gasteiger partial charge < -0.3 is 9.47 Å². The van der Waals surface area contributed by atoms with Crippen LogP contribution in [0.4, 0.5) is 0 Å². The maximum absolute atomic E-state index is 12.7. The van der Waals surface area contributed by atoms with Gasteiger partial charge >= 0.3 is 0 Å². The van der Waals surface area contributed by atoms with Gasteiger partial charge in [0.15, 0.2) is 0 Å². The molecule has 1 aliphatic carbocycles. The summed E-state index contributed by atoms with van der Waals surface area (Å²) in [6.07, 6.45) is 11.9. The summed E-state index contributed by atoms with van der Waals surface area (Å²) in [6.45, 7) is 2.65. The van der Waals surface area contributed by atoms with E-state index in [4.69, 9.17) is 0 Å². The van der Waals surface area contributed by atoms with E-state index in [1.165, 1.54) is 19.3 Å². The first-order valence-electron chi connectivity index (χ1n) is 9.02. The highest BCUT2D eigenvalue weighted by atomic mass is 16.2. The predicted molar refractivity (Wildman–Crippen MR) is 91.7 cm³/mol. The van der Waals surface area contributed by atoms with Crippen LogP contribution in [0.1, 0.15) is 54.3 Å². The molecule has 0 N–H and O–H groups in total. The zero-order chi connectivity index (χ0) is 16.4. The Morgan fingerprint density at radius 3 is 2.79 bits per heavy atom. The van der Waals surface area contributed by atoms with Crippen LogP contribution in [0, 0.1) is 5.92 Å². The molecule has 1 saturated heterocycles. The van der Waals surface area contributed by atoms with Crippen LogP contribution in [-0.4, -0.2) is 38.4 Å². The van der Waals surface area contributed by atoms with Crippen LogP contribution in [-0.2, 0) is 6.54 Å². The lowest BCUT2D eigenvalue weighted by Crippen LogP contribution is -2.40. The van der Waals surface area contributed by atoms with E-state index in [-0.39, 0.29) is 5.91 Å². The fraction of sp³-hybridized carbons (Fsp3) is 0.526. The number of likely N-dealkylation sites (tertiary alicyclic amines) is 1. The molecule has 0 bridgehead atoms. The Morgan fingerprint density at radius 2 is 2.04 bits per heavy atom. The molecule has 0 unspecified atom stereocenters. The van der Waals surface area contributed by atoms with Crippen molar-refractivity contribution < 1.29 is 4.79 Å².